The third-order valence-corrected chi connectivity index (χ3v) is 3.66. The van der Waals surface area contributed by atoms with Crippen molar-refractivity contribution in [2.75, 3.05) is 19.6 Å². The first-order valence-corrected chi connectivity index (χ1v) is 9.14. The molecule has 0 saturated heterocycles. The van der Waals surface area contributed by atoms with E-state index >= 15 is 0 Å². The molecule has 0 aromatic carbocycles. The minimum absolute atomic E-state index is 0.118. The number of nitrogens with one attached hydrogen (secondary N) is 4. The Morgan fingerprint density at radius 1 is 1.20 bits per heavy atom. The van der Waals surface area contributed by atoms with E-state index in [1.165, 1.54) is 0 Å². The van der Waals surface area contributed by atoms with Gasteiger partial charge in [0.05, 0.1) is 0 Å². The van der Waals surface area contributed by atoms with Crippen molar-refractivity contribution in [1.82, 2.24) is 21.3 Å². The maximum Gasteiger partial charge on any atom is 0.242 e. The zero-order valence-corrected chi connectivity index (χ0v) is 16.6. The Morgan fingerprint density at radius 3 is 2.40 bits per heavy atom. The van der Waals surface area contributed by atoms with Crippen molar-refractivity contribution in [1.29, 1.82) is 0 Å². The Kier molecular flexibility index (Phi) is 7.70. The lowest BCUT2D eigenvalue weighted by molar-refractivity contribution is -0.134. The number of nitrogens with zero attached hydrogens (tertiary/aromatic N) is 1. The van der Waals surface area contributed by atoms with E-state index in [0.717, 1.165) is 31.9 Å². The molecule has 1 atom stereocenters. The Hall–Kier alpha value is -1.79. The molecule has 1 heterocycles. The van der Waals surface area contributed by atoms with Crippen molar-refractivity contribution < 1.29 is 9.59 Å². The predicted octanol–water partition coefficient (Wildman–Crippen LogP) is 1.15. The average molecular weight is 354 g/mol. The molecule has 0 unspecified atom stereocenters. The predicted molar refractivity (Wildman–Crippen MR) is 101 cm³/mol. The fraction of sp³-hybridized carbons (Fsp3) is 0.833. The van der Waals surface area contributed by atoms with Gasteiger partial charge in [-0.05, 0) is 40.0 Å². The maximum atomic E-state index is 12.5. The highest BCUT2D eigenvalue weighted by molar-refractivity contribution is 5.89. The van der Waals surface area contributed by atoms with E-state index in [-0.39, 0.29) is 17.4 Å². The first kappa shape index (κ1) is 21.3. The molecule has 2 amide bonds. The summed E-state index contributed by atoms with van der Waals surface area (Å²) in [7, 11) is 0. The largest absolute Gasteiger partial charge is 0.356 e. The summed E-state index contributed by atoms with van der Waals surface area (Å²) in [5.74, 6) is 0.562. The van der Waals surface area contributed by atoms with Gasteiger partial charge in [-0.1, -0.05) is 20.8 Å². The van der Waals surface area contributed by atoms with Crippen LogP contribution in [0.5, 0.6) is 0 Å². The van der Waals surface area contributed by atoms with Gasteiger partial charge in [0.1, 0.15) is 6.04 Å². The number of hydrogen-bond donors (Lipinski definition) is 4. The normalized spacial score (nSPS) is 16.3. The molecule has 0 spiro atoms. The highest BCUT2D eigenvalue weighted by atomic mass is 16.2. The topological polar surface area (TPSA) is 94.6 Å². The van der Waals surface area contributed by atoms with Crippen LogP contribution in [0.25, 0.3) is 0 Å². The first-order chi connectivity index (χ1) is 11.5. The van der Waals surface area contributed by atoms with Gasteiger partial charge in [-0.25, -0.2) is 0 Å². The Balaban J connectivity index is 2.56. The number of rotatable bonds is 6. The number of aliphatic imine (C=N–C) groups is 1. The van der Waals surface area contributed by atoms with Gasteiger partial charge in [-0.15, -0.1) is 0 Å². The van der Waals surface area contributed by atoms with E-state index in [9.17, 15) is 9.59 Å². The van der Waals surface area contributed by atoms with Crippen LogP contribution in [0.2, 0.25) is 0 Å². The molecule has 7 nitrogen and oxygen atoms in total. The molecule has 0 radical (unpaired) electrons. The molecule has 1 aliphatic heterocycles. The lowest BCUT2D eigenvalue weighted by atomic mass is 9.94. The standard InChI is InChI=1S/C18H35N5O2/c1-17(2,3)15(25)22-13(14(24)23-18(4,5)6)9-7-10-19-16-20-11-8-12-21-16/h13H,7-12H2,1-6H3,(H,22,25)(H,23,24)(H2,19,20,21)/t13-/m0/s1. The monoisotopic (exact) mass is 353 g/mol. The van der Waals surface area contributed by atoms with Crippen molar-refractivity contribution in [2.24, 2.45) is 10.4 Å². The van der Waals surface area contributed by atoms with Gasteiger partial charge in [0.15, 0.2) is 5.96 Å². The van der Waals surface area contributed by atoms with Crippen LogP contribution in [-0.4, -0.2) is 49.0 Å². The molecule has 7 heteroatoms. The smallest absolute Gasteiger partial charge is 0.242 e. The minimum Gasteiger partial charge on any atom is -0.356 e. The average Bonchev–Trinajstić information content (AvgIpc) is 2.48. The first-order valence-electron chi connectivity index (χ1n) is 9.14. The van der Waals surface area contributed by atoms with Gasteiger partial charge < -0.3 is 21.3 Å². The second kappa shape index (κ2) is 9.06. The number of guanidine groups is 1. The number of hydrogen-bond acceptors (Lipinski definition) is 5. The van der Waals surface area contributed by atoms with Crippen molar-refractivity contribution in [3.05, 3.63) is 0 Å². The summed E-state index contributed by atoms with van der Waals surface area (Å²) in [6.07, 6.45) is 2.39. The van der Waals surface area contributed by atoms with Gasteiger partial charge in [-0.2, -0.15) is 0 Å². The van der Waals surface area contributed by atoms with Crippen LogP contribution in [0.1, 0.15) is 60.8 Å². The molecule has 0 bridgehead atoms. The molecular weight excluding hydrogens is 318 g/mol. The van der Waals surface area contributed by atoms with Crippen LogP contribution < -0.4 is 21.3 Å². The third-order valence-electron chi connectivity index (χ3n) is 3.66. The van der Waals surface area contributed by atoms with Crippen LogP contribution in [0, 0.1) is 5.41 Å². The summed E-state index contributed by atoms with van der Waals surface area (Å²) >= 11 is 0. The van der Waals surface area contributed by atoms with Crippen molar-refractivity contribution in [3.8, 4) is 0 Å². The molecule has 0 saturated carbocycles. The van der Waals surface area contributed by atoms with E-state index < -0.39 is 11.5 Å². The summed E-state index contributed by atoms with van der Waals surface area (Å²) < 4.78 is 0. The van der Waals surface area contributed by atoms with E-state index in [1.807, 2.05) is 41.5 Å². The van der Waals surface area contributed by atoms with Crippen LogP contribution >= 0.6 is 0 Å². The highest BCUT2D eigenvalue weighted by Gasteiger charge is 2.28. The summed E-state index contributed by atoms with van der Waals surface area (Å²) in [5, 5.41) is 12.3. The van der Waals surface area contributed by atoms with E-state index in [1.54, 1.807) is 0 Å². The van der Waals surface area contributed by atoms with E-state index in [2.05, 4.69) is 26.3 Å². The van der Waals surface area contributed by atoms with Crippen molar-refractivity contribution in [2.45, 2.75) is 72.4 Å². The molecule has 0 aromatic rings. The van der Waals surface area contributed by atoms with Crippen LogP contribution in [0.4, 0.5) is 0 Å². The fourth-order valence-electron chi connectivity index (χ4n) is 2.26. The van der Waals surface area contributed by atoms with E-state index in [0.29, 0.717) is 13.0 Å². The van der Waals surface area contributed by atoms with Gasteiger partial charge in [-0.3, -0.25) is 14.6 Å². The van der Waals surface area contributed by atoms with Gasteiger partial charge in [0.25, 0.3) is 0 Å². The summed E-state index contributed by atoms with van der Waals surface area (Å²) in [4.78, 5) is 29.2. The van der Waals surface area contributed by atoms with Crippen molar-refractivity contribution >= 4 is 17.8 Å². The summed E-state index contributed by atoms with van der Waals surface area (Å²) in [6, 6.07) is -0.533. The van der Waals surface area contributed by atoms with Crippen LogP contribution in [-0.2, 0) is 9.59 Å². The van der Waals surface area contributed by atoms with Gasteiger partial charge >= 0.3 is 0 Å². The molecule has 0 aliphatic carbocycles. The fourth-order valence-corrected chi connectivity index (χ4v) is 2.26. The van der Waals surface area contributed by atoms with Crippen LogP contribution in [0.3, 0.4) is 0 Å². The summed E-state index contributed by atoms with van der Waals surface area (Å²) in [6.45, 7) is 13.8. The second-order valence-electron chi connectivity index (χ2n) is 8.59. The van der Waals surface area contributed by atoms with Gasteiger partial charge in [0, 0.05) is 30.6 Å². The number of carbonyl (C=O) groups excluding carboxylic acids is 2. The molecule has 144 valence electrons. The Labute approximate surface area is 151 Å². The number of carbonyl (C=O) groups is 2. The van der Waals surface area contributed by atoms with Crippen molar-refractivity contribution in [3.63, 3.8) is 0 Å². The maximum absolute atomic E-state index is 12.5. The summed E-state index contributed by atoms with van der Waals surface area (Å²) in [5.41, 5.74) is -0.861. The molecule has 0 aromatic heterocycles. The lowest BCUT2D eigenvalue weighted by Crippen LogP contribution is -2.54. The van der Waals surface area contributed by atoms with E-state index in [4.69, 9.17) is 0 Å². The molecular formula is C18H35N5O2. The number of amides is 2. The quantitative estimate of drug-likeness (QED) is 0.539. The van der Waals surface area contributed by atoms with Crippen LogP contribution in [0.15, 0.2) is 4.99 Å². The lowest BCUT2D eigenvalue weighted by Gasteiger charge is -2.28. The molecule has 1 aliphatic rings. The van der Waals surface area contributed by atoms with Gasteiger partial charge in [0.2, 0.25) is 11.8 Å². The molecule has 0 fully saturated rings. The highest BCUT2D eigenvalue weighted by Crippen LogP contribution is 2.14. The zero-order valence-electron chi connectivity index (χ0n) is 16.6. The Morgan fingerprint density at radius 2 is 1.88 bits per heavy atom. The third kappa shape index (κ3) is 8.74. The second-order valence-corrected chi connectivity index (χ2v) is 8.59. The molecule has 25 heavy (non-hydrogen) atoms. The minimum atomic E-state index is -0.533. The Bertz CT molecular complexity index is 489. The molecule has 1 rings (SSSR count). The molecule has 4 N–H and O–H groups in total. The SMILES string of the molecule is CC(C)(C)NC(=O)[C@H](CCCNC1=NCCCN1)NC(=O)C(C)(C)C. The zero-order chi connectivity index (χ0) is 19.1.